The molecule has 0 radical (unpaired) electrons. The molecule has 0 amide bonds. The predicted molar refractivity (Wildman–Crippen MR) is 110 cm³/mol. The van der Waals surface area contributed by atoms with Crippen LogP contribution >= 0.6 is 11.6 Å². The van der Waals surface area contributed by atoms with Crippen LogP contribution in [0.3, 0.4) is 0 Å². The molecule has 0 atom stereocenters. The third-order valence-electron chi connectivity index (χ3n) is 4.03. The molecule has 0 unspecified atom stereocenters. The number of methoxy groups -OCH3 is 1. The van der Waals surface area contributed by atoms with Gasteiger partial charge >= 0.3 is 0 Å². The van der Waals surface area contributed by atoms with E-state index in [1.165, 1.54) is 0 Å². The number of allylic oxidation sites excluding steroid dienone is 1. The van der Waals surface area contributed by atoms with E-state index >= 15 is 0 Å². The van der Waals surface area contributed by atoms with Crippen molar-refractivity contribution in [1.29, 1.82) is 5.26 Å². The number of benzene rings is 2. The van der Waals surface area contributed by atoms with Crippen LogP contribution in [0.1, 0.15) is 25.2 Å². The molecule has 0 fully saturated rings. The van der Waals surface area contributed by atoms with Crippen LogP contribution in [-0.2, 0) is 0 Å². The van der Waals surface area contributed by atoms with Crippen molar-refractivity contribution >= 4 is 34.3 Å². The number of ether oxygens (including phenoxy) is 3. The number of nitrogens with one attached hydrogen (secondary N) is 1. The molecule has 1 aromatic heterocycles. The zero-order valence-electron chi connectivity index (χ0n) is 15.9. The van der Waals surface area contributed by atoms with Gasteiger partial charge in [0.25, 0.3) is 0 Å². The lowest BCUT2D eigenvalue weighted by molar-refractivity contribution is 0.288. The summed E-state index contributed by atoms with van der Waals surface area (Å²) in [5.74, 6) is 2.31. The number of aromatic amines is 1. The van der Waals surface area contributed by atoms with Gasteiger partial charge in [0.2, 0.25) is 0 Å². The molecule has 1 N–H and O–H groups in total. The lowest BCUT2D eigenvalue weighted by Crippen LogP contribution is -1.99. The van der Waals surface area contributed by atoms with E-state index in [0.29, 0.717) is 52.4 Å². The Balaban J connectivity index is 2.05. The average molecular weight is 398 g/mol. The summed E-state index contributed by atoms with van der Waals surface area (Å²) < 4.78 is 16.5. The Morgan fingerprint density at radius 3 is 2.54 bits per heavy atom. The number of nitrogens with zero attached hydrogens (tertiary/aromatic N) is 2. The largest absolute Gasteiger partial charge is 0.497 e. The Morgan fingerprint density at radius 2 is 1.89 bits per heavy atom. The number of halogens is 1. The first-order chi connectivity index (χ1) is 13.6. The van der Waals surface area contributed by atoms with Crippen molar-refractivity contribution in [1.82, 2.24) is 9.97 Å². The van der Waals surface area contributed by atoms with Crippen molar-refractivity contribution < 1.29 is 14.2 Å². The summed E-state index contributed by atoms with van der Waals surface area (Å²) >= 11 is 6.41. The standard InChI is InChI=1S/C21H20ClN3O3/c1-4-27-19-9-13(16(22)11-20(19)28-5-2)8-14(12-23)21-24-17-7-6-15(26-3)10-18(17)25-21/h6-11H,4-5H2,1-3H3,(H,24,25)/b14-8-. The monoisotopic (exact) mass is 397 g/mol. The minimum Gasteiger partial charge on any atom is -0.497 e. The highest BCUT2D eigenvalue weighted by atomic mass is 35.5. The number of fused-ring (bicyclic) bond motifs is 1. The molecule has 2 aromatic carbocycles. The number of aromatic nitrogens is 2. The van der Waals surface area contributed by atoms with Gasteiger partial charge < -0.3 is 19.2 Å². The molecule has 0 aliphatic heterocycles. The first kappa shape index (κ1) is 19.6. The Kier molecular flexibility index (Phi) is 6.07. The molecule has 6 nitrogen and oxygen atoms in total. The Hall–Kier alpha value is -3.17. The summed E-state index contributed by atoms with van der Waals surface area (Å²) in [4.78, 5) is 7.64. The van der Waals surface area contributed by atoms with Crippen LogP contribution < -0.4 is 14.2 Å². The number of imidazole rings is 1. The third-order valence-corrected chi connectivity index (χ3v) is 4.35. The molecule has 0 aliphatic rings. The summed E-state index contributed by atoms with van der Waals surface area (Å²) in [6.45, 7) is 4.77. The second-order valence-electron chi connectivity index (χ2n) is 5.82. The summed E-state index contributed by atoms with van der Waals surface area (Å²) in [6, 6.07) is 11.1. The Morgan fingerprint density at radius 1 is 1.18 bits per heavy atom. The van der Waals surface area contributed by atoms with E-state index in [1.807, 2.05) is 32.0 Å². The summed E-state index contributed by atoms with van der Waals surface area (Å²) in [5, 5.41) is 10.1. The number of rotatable bonds is 7. The van der Waals surface area contributed by atoms with E-state index in [-0.39, 0.29) is 0 Å². The molecule has 3 aromatic rings. The molecule has 3 rings (SSSR count). The van der Waals surface area contributed by atoms with E-state index in [2.05, 4.69) is 16.0 Å². The van der Waals surface area contributed by atoms with E-state index in [1.54, 1.807) is 25.3 Å². The SMILES string of the molecule is CCOc1cc(Cl)c(/C=C(/C#N)c2nc3ccc(OC)cc3[nH]2)cc1OCC. The van der Waals surface area contributed by atoms with Gasteiger partial charge in [0, 0.05) is 12.1 Å². The van der Waals surface area contributed by atoms with Crippen LogP contribution in [0.5, 0.6) is 17.2 Å². The second-order valence-corrected chi connectivity index (χ2v) is 6.23. The normalized spacial score (nSPS) is 11.3. The van der Waals surface area contributed by atoms with Crippen molar-refractivity contribution in [2.45, 2.75) is 13.8 Å². The fourth-order valence-corrected chi connectivity index (χ4v) is 2.96. The smallest absolute Gasteiger partial charge is 0.162 e. The summed E-state index contributed by atoms with van der Waals surface area (Å²) in [6.07, 6.45) is 1.68. The first-order valence-electron chi connectivity index (χ1n) is 8.84. The minimum absolute atomic E-state index is 0.351. The van der Waals surface area contributed by atoms with Gasteiger partial charge in [-0.05, 0) is 43.7 Å². The van der Waals surface area contributed by atoms with Crippen LogP contribution in [0.15, 0.2) is 30.3 Å². The molecule has 0 saturated carbocycles. The van der Waals surface area contributed by atoms with Gasteiger partial charge in [-0.2, -0.15) is 5.26 Å². The van der Waals surface area contributed by atoms with Crippen LogP contribution in [0.25, 0.3) is 22.7 Å². The third kappa shape index (κ3) is 4.05. The first-order valence-corrected chi connectivity index (χ1v) is 9.22. The van der Waals surface area contributed by atoms with Gasteiger partial charge in [0.1, 0.15) is 17.6 Å². The van der Waals surface area contributed by atoms with E-state index < -0.39 is 0 Å². The Labute approximate surface area is 168 Å². The molecule has 0 bridgehead atoms. The van der Waals surface area contributed by atoms with Gasteiger partial charge in [0.15, 0.2) is 11.5 Å². The van der Waals surface area contributed by atoms with Crippen molar-refractivity contribution in [2.75, 3.05) is 20.3 Å². The van der Waals surface area contributed by atoms with Crippen molar-refractivity contribution in [3.8, 4) is 23.3 Å². The van der Waals surface area contributed by atoms with Gasteiger partial charge in [-0.1, -0.05) is 11.6 Å². The molecule has 0 aliphatic carbocycles. The molecule has 0 spiro atoms. The zero-order chi connectivity index (χ0) is 20.1. The highest BCUT2D eigenvalue weighted by molar-refractivity contribution is 6.32. The number of H-pyrrole nitrogens is 1. The van der Waals surface area contributed by atoms with Gasteiger partial charge in [0.05, 0.1) is 42.0 Å². The van der Waals surface area contributed by atoms with Crippen LogP contribution in [0.4, 0.5) is 0 Å². The average Bonchev–Trinajstić information content (AvgIpc) is 3.12. The number of hydrogen-bond donors (Lipinski definition) is 1. The zero-order valence-corrected chi connectivity index (χ0v) is 16.6. The van der Waals surface area contributed by atoms with Crippen molar-refractivity contribution in [3.05, 3.63) is 46.7 Å². The van der Waals surface area contributed by atoms with Crippen LogP contribution in [-0.4, -0.2) is 30.3 Å². The topological polar surface area (TPSA) is 80.2 Å². The maximum atomic E-state index is 9.67. The van der Waals surface area contributed by atoms with Gasteiger partial charge in [-0.3, -0.25) is 0 Å². The molecule has 0 saturated heterocycles. The predicted octanol–water partition coefficient (Wildman–Crippen LogP) is 5.09. The van der Waals surface area contributed by atoms with E-state index in [0.717, 1.165) is 11.0 Å². The van der Waals surface area contributed by atoms with Crippen molar-refractivity contribution in [3.63, 3.8) is 0 Å². The fraction of sp³-hybridized carbons (Fsp3) is 0.238. The van der Waals surface area contributed by atoms with E-state index in [4.69, 9.17) is 25.8 Å². The van der Waals surface area contributed by atoms with Gasteiger partial charge in [-0.15, -0.1) is 0 Å². The summed E-state index contributed by atoms with van der Waals surface area (Å²) in [7, 11) is 1.60. The van der Waals surface area contributed by atoms with Crippen LogP contribution in [0.2, 0.25) is 5.02 Å². The molecular formula is C21H20ClN3O3. The molecule has 7 heteroatoms. The number of nitriles is 1. The molecule has 28 heavy (non-hydrogen) atoms. The maximum Gasteiger partial charge on any atom is 0.162 e. The molecular weight excluding hydrogens is 378 g/mol. The highest BCUT2D eigenvalue weighted by Crippen LogP contribution is 2.35. The lowest BCUT2D eigenvalue weighted by Gasteiger charge is -2.12. The van der Waals surface area contributed by atoms with Gasteiger partial charge in [-0.25, -0.2) is 4.98 Å². The maximum absolute atomic E-state index is 9.67. The molecule has 144 valence electrons. The van der Waals surface area contributed by atoms with Crippen LogP contribution in [0, 0.1) is 11.3 Å². The second kappa shape index (κ2) is 8.68. The highest BCUT2D eigenvalue weighted by Gasteiger charge is 2.13. The van der Waals surface area contributed by atoms with E-state index in [9.17, 15) is 5.26 Å². The summed E-state index contributed by atoms with van der Waals surface area (Å²) in [5.41, 5.74) is 2.51. The molecule has 1 heterocycles. The number of hydrogen-bond acceptors (Lipinski definition) is 5. The lowest BCUT2D eigenvalue weighted by atomic mass is 10.1. The minimum atomic E-state index is 0.351. The quantitative estimate of drug-likeness (QED) is 0.562. The Bertz CT molecular complexity index is 1070. The fourth-order valence-electron chi connectivity index (χ4n) is 2.75. The van der Waals surface area contributed by atoms with Crippen molar-refractivity contribution in [2.24, 2.45) is 0 Å².